The summed E-state index contributed by atoms with van der Waals surface area (Å²) in [4.78, 5) is 14.0. The summed E-state index contributed by atoms with van der Waals surface area (Å²) in [6, 6.07) is 15.1. The van der Waals surface area contributed by atoms with E-state index in [1.165, 1.54) is 21.4 Å². The van der Waals surface area contributed by atoms with E-state index in [1.54, 1.807) is 11.3 Å². The average molecular weight is 389 g/mol. The fourth-order valence-electron chi connectivity index (χ4n) is 3.30. The molecule has 1 N–H and O–H groups in total. The molecule has 28 heavy (non-hydrogen) atoms. The average Bonchev–Trinajstić information content (AvgIpc) is 3.07. The van der Waals surface area contributed by atoms with Gasteiger partial charge in [0.1, 0.15) is 11.6 Å². The van der Waals surface area contributed by atoms with Gasteiger partial charge in [-0.1, -0.05) is 54.2 Å². The standard InChI is InChI=1S/C23H24N4S/c1-5-17-10-11-20-21(13-17)28-23(26-20)27-22-19(15(3)24-16(4)25-22)12-18-8-6-14(2)7-9-18/h6-11,13H,5,12H2,1-4H3,(H,24,25,26,27). The van der Waals surface area contributed by atoms with Gasteiger partial charge in [0, 0.05) is 17.7 Å². The molecule has 0 radical (unpaired) electrons. The Bertz CT molecular complexity index is 1130. The van der Waals surface area contributed by atoms with Crippen LogP contribution in [0.1, 0.15) is 40.7 Å². The zero-order valence-electron chi connectivity index (χ0n) is 16.7. The van der Waals surface area contributed by atoms with Crippen LogP contribution in [-0.2, 0) is 12.8 Å². The SMILES string of the molecule is CCc1ccc2nc(Nc3nc(C)nc(C)c3Cc3ccc(C)cc3)sc2c1. The Morgan fingerprint density at radius 3 is 2.39 bits per heavy atom. The van der Waals surface area contributed by atoms with E-state index in [9.17, 15) is 0 Å². The molecule has 5 heteroatoms. The summed E-state index contributed by atoms with van der Waals surface area (Å²) in [6.07, 6.45) is 1.82. The molecule has 4 rings (SSSR count). The van der Waals surface area contributed by atoms with E-state index >= 15 is 0 Å². The lowest BCUT2D eigenvalue weighted by molar-refractivity contribution is 0.965. The molecule has 0 spiro atoms. The number of rotatable bonds is 5. The smallest absolute Gasteiger partial charge is 0.189 e. The zero-order chi connectivity index (χ0) is 19.7. The molecule has 0 aliphatic carbocycles. The van der Waals surface area contributed by atoms with Crippen molar-refractivity contribution >= 4 is 32.5 Å². The van der Waals surface area contributed by atoms with Crippen molar-refractivity contribution in [2.75, 3.05) is 5.32 Å². The molecular formula is C23H24N4S. The Morgan fingerprint density at radius 2 is 1.64 bits per heavy atom. The molecule has 2 heterocycles. The quantitative estimate of drug-likeness (QED) is 0.462. The molecule has 142 valence electrons. The van der Waals surface area contributed by atoms with E-state index in [2.05, 4.69) is 73.5 Å². The number of anilines is 2. The summed E-state index contributed by atoms with van der Waals surface area (Å²) in [7, 11) is 0. The molecule has 2 aromatic heterocycles. The third-order valence-corrected chi connectivity index (χ3v) is 5.85. The van der Waals surface area contributed by atoms with Crippen molar-refractivity contribution in [1.82, 2.24) is 15.0 Å². The predicted molar refractivity (Wildman–Crippen MR) is 118 cm³/mol. The number of hydrogen-bond acceptors (Lipinski definition) is 5. The first kappa shape index (κ1) is 18.6. The molecule has 0 atom stereocenters. The summed E-state index contributed by atoms with van der Waals surface area (Å²) in [5.74, 6) is 1.61. The van der Waals surface area contributed by atoms with Gasteiger partial charge in [-0.3, -0.25) is 0 Å². The largest absolute Gasteiger partial charge is 0.316 e. The highest BCUT2D eigenvalue weighted by atomic mass is 32.1. The van der Waals surface area contributed by atoms with Gasteiger partial charge in [0.2, 0.25) is 0 Å². The maximum Gasteiger partial charge on any atom is 0.189 e. The second kappa shape index (κ2) is 7.68. The van der Waals surface area contributed by atoms with Crippen LogP contribution in [0.15, 0.2) is 42.5 Å². The minimum atomic E-state index is 0.766. The number of thiazole rings is 1. The number of nitrogens with zero attached hydrogens (tertiary/aromatic N) is 3. The summed E-state index contributed by atoms with van der Waals surface area (Å²) >= 11 is 1.67. The van der Waals surface area contributed by atoms with Crippen LogP contribution in [-0.4, -0.2) is 15.0 Å². The number of fused-ring (bicyclic) bond motifs is 1. The lowest BCUT2D eigenvalue weighted by Crippen LogP contribution is -2.06. The molecular weight excluding hydrogens is 364 g/mol. The molecule has 0 fully saturated rings. The highest BCUT2D eigenvalue weighted by Crippen LogP contribution is 2.31. The van der Waals surface area contributed by atoms with Gasteiger partial charge in [0.15, 0.2) is 5.13 Å². The minimum Gasteiger partial charge on any atom is -0.316 e. The molecule has 0 aliphatic rings. The van der Waals surface area contributed by atoms with Crippen LogP contribution < -0.4 is 5.32 Å². The first-order valence-corrected chi connectivity index (χ1v) is 10.4. The first-order valence-electron chi connectivity index (χ1n) is 9.58. The van der Waals surface area contributed by atoms with Gasteiger partial charge < -0.3 is 5.32 Å². The predicted octanol–water partition coefficient (Wildman–Crippen LogP) is 5.91. The fourth-order valence-corrected chi connectivity index (χ4v) is 4.23. The normalized spacial score (nSPS) is 11.1. The van der Waals surface area contributed by atoms with Crippen molar-refractivity contribution < 1.29 is 0 Å². The van der Waals surface area contributed by atoms with E-state index in [-0.39, 0.29) is 0 Å². The Hall–Kier alpha value is -2.79. The molecule has 0 unspecified atom stereocenters. The number of nitrogens with one attached hydrogen (secondary N) is 1. The van der Waals surface area contributed by atoms with E-state index in [4.69, 9.17) is 9.97 Å². The molecule has 0 aliphatic heterocycles. The zero-order valence-corrected chi connectivity index (χ0v) is 17.5. The molecule has 0 amide bonds. The molecule has 0 saturated carbocycles. The second-order valence-electron chi connectivity index (χ2n) is 7.15. The van der Waals surface area contributed by atoms with E-state index in [1.807, 2.05) is 6.92 Å². The first-order chi connectivity index (χ1) is 13.5. The van der Waals surface area contributed by atoms with Crippen molar-refractivity contribution in [3.63, 3.8) is 0 Å². The Kier molecular flexibility index (Phi) is 5.09. The number of benzene rings is 2. The molecule has 4 nitrogen and oxygen atoms in total. The molecule has 4 aromatic rings. The van der Waals surface area contributed by atoms with Gasteiger partial charge >= 0.3 is 0 Å². The fraction of sp³-hybridized carbons (Fsp3) is 0.261. The summed E-state index contributed by atoms with van der Waals surface area (Å²) < 4.78 is 1.20. The maximum absolute atomic E-state index is 4.75. The van der Waals surface area contributed by atoms with Crippen LogP contribution >= 0.6 is 11.3 Å². The molecule has 0 saturated heterocycles. The van der Waals surface area contributed by atoms with E-state index in [0.29, 0.717) is 0 Å². The van der Waals surface area contributed by atoms with Crippen LogP contribution in [0.4, 0.5) is 10.9 Å². The van der Waals surface area contributed by atoms with Gasteiger partial charge in [-0.15, -0.1) is 0 Å². The number of hydrogen-bond donors (Lipinski definition) is 1. The van der Waals surface area contributed by atoms with Crippen molar-refractivity contribution in [3.05, 3.63) is 76.2 Å². The minimum absolute atomic E-state index is 0.766. The van der Waals surface area contributed by atoms with Crippen molar-refractivity contribution in [3.8, 4) is 0 Å². The van der Waals surface area contributed by atoms with Crippen molar-refractivity contribution in [2.24, 2.45) is 0 Å². The molecule has 0 bridgehead atoms. The van der Waals surface area contributed by atoms with Crippen molar-refractivity contribution in [2.45, 2.75) is 40.5 Å². The Labute approximate surface area is 169 Å². The van der Waals surface area contributed by atoms with Crippen LogP contribution in [0.25, 0.3) is 10.2 Å². The topological polar surface area (TPSA) is 50.7 Å². The summed E-state index contributed by atoms with van der Waals surface area (Å²) in [5, 5.41) is 4.34. The lowest BCUT2D eigenvalue weighted by Gasteiger charge is -2.13. The van der Waals surface area contributed by atoms with Gasteiger partial charge in [-0.25, -0.2) is 15.0 Å². The summed E-state index contributed by atoms with van der Waals surface area (Å²) in [6.45, 7) is 8.26. The van der Waals surface area contributed by atoms with Crippen LogP contribution in [0.5, 0.6) is 0 Å². The summed E-state index contributed by atoms with van der Waals surface area (Å²) in [5.41, 5.74) is 6.98. The highest BCUT2D eigenvalue weighted by Gasteiger charge is 2.14. The van der Waals surface area contributed by atoms with Crippen LogP contribution in [0.2, 0.25) is 0 Å². The van der Waals surface area contributed by atoms with Crippen molar-refractivity contribution in [1.29, 1.82) is 0 Å². The third kappa shape index (κ3) is 3.90. The highest BCUT2D eigenvalue weighted by molar-refractivity contribution is 7.22. The monoisotopic (exact) mass is 388 g/mol. The van der Waals surface area contributed by atoms with Crippen LogP contribution in [0, 0.1) is 20.8 Å². The van der Waals surface area contributed by atoms with Gasteiger partial charge in [-0.05, 0) is 50.5 Å². The van der Waals surface area contributed by atoms with Crippen LogP contribution in [0.3, 0.4) is 0 Å². The second-order valence-corrected chi connectivity index (χ2v) is 8.18. The Balaban J connectivity index is 1.69. The number of aromatic nitrogens is 3. The van der Waals surface area contributed by atoms with Gasteiger partial charge in [-0.2, -0.15) is 0 Å². The van der Waals surface area contributed by atoms with E-state index in [0.717, 1.165) is 46.4 Å². The van der Waals surface area contributed by atoms with E-state index < -0.39 is 0 Å². The third-order valence-electron chi connectivity index (χ3n) is 4.91. The van der Waals surface area contributed by atoms with Gasteiger partial charge in [0.05, 0.1) is 10.2 Å². The maximum atomic E-state index is 4.75. The lowest BCUT2D eigenvalue weighted by atomic mass is 10.0. The molecule has 2 aromatic carbocycles. The number of aryl methyl sites for hydroxylation is 4. The van der Waals surface area contributed by atoms with Gasteiger partial charge in [0.25, 0.3) is 0 Å². The Morgan fingerprint density at radius 1 is 0.893 bits per heavy atom.